The second-order valence-electron chi connectivity index (χ2n) is 4.53. The van der Waals surface area contributed by atoms with Gasteiger partial charge in [-0.05, 0) is 18.2 Å². The molecular weight excluding hydrogens is 409 g/mol. The maximum Gasteiger partial charge on any atom is 0.433 e. The van der Waals surface area contributed by atoms with Gasteiger partial charge in [-0.3, -0.25) is 0 Å². The van der Waals surface area contributed by atoms with E-state index in [9.17, 15) is 13.2 Å². The Hall–Kier alpha value is -1.94. The second kappa shape index (κ2) is 6.89. The lowest BCUT2D eigenvalue weighted by Gasteiger charge is -2.05. The van der Waals surface area contributed by atoms with Gasteiger partial charge in [-0.1, -0.05) is 45.0 Å². The van der Waals surface area contributed by atoms with Crippen LogP contribution in [0.25, 0.3) is 11.4 Å². The Morgan fingerprint density at radius 1 is 1.17 bits per heavy atom. The normalized spacial score (nSPS) is 11.7. The number of hydrogen-bond acceptors (Lipinski definition) is 6. The zero-order valence-electron chi connectivity index (χ0n) is 11.8. The van der Waals surface area contributed by atoms with E-state index in [0.29, 0.717) is 5.82 Å². The van der Waals surface area contributed by atoms with Crippen LogP contribution in [0, 0.1) is 0 Å². The maximum absolute atomic E-state index is 12.6. The number of alkyl halides is 3. The first kappa shape index (κ1) is 16.9. The SMILES string of the molecule is FC(F)(F)c1ccnc(SCc2nc(-c3cccc(Br)c3)no2)n1. The van der Waals surface area contributed by atoms with E-state index in [1.807, 2.05) is 24.3 Å². The van der Waals surface area contributed by atoms with Gasteiger partial charge >= 0.3 is 6.18 Å². The Morgan fingerprint density at radius 3 is 2.75 bits per heavy atom. The number of nitrogens with zero attached hydrogens (tertiary/aromatic N) is 4. The van der Waals surface area contributed by atoms with Crippen LogP contribution in [0.3, 0.4) is 0 Å². The highest BCUT2D eigenvalue weighted by Crippen LogP contribution is 2.29. The van der Waals surface area contributed by atoms with Crippen molar-refractivity contribution in [3.63, 3.8) is 0 Å². The monoisotopic (exact) mass is 416 g/mol. The van der Waals surface area contributed by atoms with Crippen molar-refractivity contribution in [1.29, 1.82) is 0 Å². The van der Waals surface area contributed by atoms with E-state index >= 15 is 0 Å². The molecule has 3 rings (SSSR count). The molecule has 0 radical (unpaired) electrons. The molecule has 0 aliphatic carbocycles. The summed E-state index contributed by atoms with van der Waals surface area (Å²) in [5.74, 6) is 0.843. The van der Waals surface area contributed by atoms with E-state index in [1.165, 1.54) is 0 Å². The first-order chi connectivity index (χ1) is 11.4. The van der Waals surface area contributed by atoms with Crippen molar-refractivity contribution in [3.05, 3.63) is 52.6 Å². The van der Waals surface area contributed by atoms with Gasteiger partial charge in [-0.15, -0.1) is 0 Å². The quantitative estimate of drug-likeness (QED) is 0.457. The summed E-state index contributed by atoms with van der Waals surface area (Å²) in [4.78, 5) is 11.5. The van der Waals surface area contributed by atoms with E-state index in [-0.39, 0.29) is 16.8 Å². The third-order valence-electron chi connectivity index (χ3n) is 2.80. The summed E-state index contributed by atoms with van der Waals surface area (Å²) in [6.07, 6.45) is -3.44. The standard InChI is InChI=1S/C14H8BrF3N4OS/c15-9-3-1-2-8(6-9)12-21-11(23-22-12)7-24-13-19-5-4-10(20-13)14(16,17)18/h1-6H,7H2. The fraction of sp³-hybridized carbons (Fsp3) is 0.143. The Bertz CT molecular complexity index is 856. The van der Waals surface area contributed by atoms with Crippen molar-refractivity contribution in [2.45, 2.75) is 17.1 Å². The molecule has 0 saturated carbocycles. The largest absolute Gasteiger partial charge is 0.433 e. The zero-order chi connectivity index (χ0) is 17.2. The zero-order valence-corrected chi connectivity index (χ0v) is 14.2. The molecule has 5 nitrogen and oxygen atoms in total. The lowest BCUT2D eigenvalue weighted by Crippen LogP contribution is -2.08. The minimum absolute atomic E-state index is 0.00738. The van der Waals surface area contributed by atoms with Crippen LogP contribution in [0.2, 0.25) is 0 Å². The molecule has 0 fully saturated rings. The van der Waals surface area contributed by atoms with Crippen LogP contribution in [0.15, 0.2) is 50.7 Å². The Balaban J connectivity index is 1.70. The maximum atomic E-state index is 12.6. The molecule has 2 aromatic heterocycles. The summed E-state index contributed by atoms with van der Waals surface area (Å²) in [6, 6.07) is 8.17. The van der Waals surface area contributed by atoms with Gasteiger partial charge in [0.25, 0.3) is 0 Å². The highest BCUT2D eigenvalue weighted by Gasteiger charge is 2.32. The molecule has 0 bridgehead atoms. The van der Waals surface area contributed by atoms with Gasteiger partial charge in [0.1, 0.15) is 5.69 Å². The van der Waals surface area contributed by atoms with Crippen LogP contribution in [0.5, 0.6) is 0 Å². The average Bonchev–Trinajstić information content (AvgIpc) is 3.01. The summed E-state index contributed by atoms with van der Waals surface area (Å²) < 4.78 is 43.8. The minimum Gasteiger partial charge on any atom is -0.338 e. The fourth-order valence-electron chi connectivity index (χ4n) is 1.75. The van der Waals surface area contributed by atoms with Crippen LogP contribution in [-0.2, 0) is 11.9 Å². The van der Waals surface area contributed by atoms with Crippen LogP contribution < -0.4 is 0 Å². The van der Waals surface area contributed by atoms with Crippen molar-refractivity contribution in [3.8, 4) is 11.4 Å². The molecule has 0 unspecified atom stereocenters. The van der Waals surface area contributed by atoms with Gasteiger partial charge in [-0.2, -0.15) is 18.2 Å². The summed E-state index contributed by atoms with van der Waals surface area (Å²) in [7, 11) is 0. The lowest BCUT2D eigenvalue weighted by atomic mass is 10.2. The Labute approximate surface area is 146 Å². The molecule has 0 spiro atoms. The van der Waals surface area contributed by atoms with Crippen LogP contribution in [0.1, 0.15) is 11.6 Å². The highest BCUT2D eigenvalue weighted by atomic mass is 79.9. The average molecular weight is 417 g/mol. The Kier molecular flexibility index (Phi) is 4.86. The topological polar surface area (TPSA) is 64.7 Å². The smallest absolute Gasteiger partial charge is 0.338 e. The first-order valence-electron chi connectivity index (χ1n) is 6.53. The van der Waals surface area contributed by atoms with Crippen molar-refractivity contribution in [2.75, 3.05) is 0 Å². The molecule has 10 heteroatoms. The van der Waals surface area contributed by atoms with Gasteiger partial charge in [0, 0.05) is 16.2 Å². The van der Waals surface area contributed by atoms with Gasteiger partial charge < -0.3 is 4.52 Å². The Morgan fingerprint density at radius 2 is 2.00 bits per heavy atom. The van der Waals surface area contributed by atoms with Gasteiger partial charge in [0.15, 0.2) is 5.16 Å². The minimum atomic E-state index is -4.50. The molecule has 124 valence electrons. The lowest BCUT2D eigenvalue weighted by molar-refractivity contribution is -0.141. The van der Waals surface area contributed by atoms with Gasteiger partial charge in [0.05, 0.1) is 5.75 Å². The molecular formula is C14H8BrF3N4OS. The molecule has 0 amide bonds. The summed E-state index contributed by atoms with van der Waals surface area (Å²) in [5.41, 5.74) is -0.222. The number of benzene rings is 1. The third-order valence-corrected chi connectivity index (χ3v) is 4.14. The van der Waals surface area contributed by atoms with Crippen LogP contribution in [0.4, 0.5) is 13.2 Å². The third kappa shape index (κ3) is 4.12. The van der Waals surface area contributed by atoms with Gasteiger partial charge in [-0.25, -0.2) is 9.97 Å². The summed E-state index contributed by atoms with van der Waals surface area (Å²) in [5, 5.41) is 3.85. The van der Waals surface area contributed by atoms with E-state index in [0.717, 1.165) is 34.1 Å². The summed E-state index contributed by atoms with van der Waals surface area (Å²) >= 11 is 4.34. The van der Waals surface area contributed by atoms with E-state index in [1.54, 1.807) is 0 Å². The van der Waals surface area contributed by atoms with Crippen LogP contribution >= 0.6 is 27.7 Å². The molecule has 1 aromatic carbocycles. The predicted octanol–water partition coefficient (Wildman–Crippen LogP) is 4.60. The van der Waals surface area contributed by atoms with Gasteiger partial charge in [0.2, 0.25) is 11.7 Å². The number of thioether (sulfide) groups is 1. The molecule has 0 aliphatic rings. The molecule has 2 heterocycles. The number of halogens is 4. The van der Waals surface area contributed by atoms with E-state index in [2.05, 4.69) is 36.0 Å². The molecule has 0 N–H and O–H groups in total. The van der Waals surface area contributed by atoms with Crippen molar-refractivity contribution in [2.24, 2.45) is 0 Å². The fourth-order valence-corrected chi connectivity index (χ4v) is 2.82. The van der Waals surface area contributed by atoms with Crippen molar-refractivity contribution in [1.82, 2.24) is 20.1 Å². The molecule has 0 saturated heterocycles. The first-order valence-corrected chi connectivity index (χ1v) is 8.31. The molecule has 0 atom stereocenters. The van der Waals surface area contributed by atoms with E-state index in [4.69, 9.17) is 4.52 Å². The second-order valence-corrected chi connectivity index (χ2v) is 6.39. The number of rotatable bonds is 4. The molecule has 24 heavy (non-hydrogen) atoms. The summed E-state index contributed by atoms with van der Waals surface area (Å²) in [6.45, 7) is 0. The van der Waals surface area contributed by atoms with Crippen molar-refractivity contribution < 1.29 is 17.7 Å². The molecule has 0 aliphatic heterocycles. The van der Waals surface area contributed by atoms with Crippen molar-refractivity contribution >= 4 is 27.7 Å². The van der Waals surface area contributed by atoms with Crippen LogP contribution in [-0.4, -0.2) is 20.1 Å². The number of aromatic nitrogens is 4. The number of hydrogen-bond donors (Lipinski definition) is 0. The predicted molar refractivity (Wildman–Crippen MR) is 84.0 cm³/mol. The highest BCUT2D eigenvalue weighted by molar-refractivity contribution is 9.10. The van der Waals surface area contributed by atoms with E-state index < -0.39 is 11.9 Å². The molecule has 3 aromatic rings.